The fraction of sp³-hybridized carbons (Fsp3) is 0.364. The van der Waals surface area contributed by atoms with Crippen molar-refractivity contribution in [3.8, 4) is 17.6 Å². The SMILES string of the molecule is CC1CN(c2oc(/C=C3/SC(=S)N(Cc4ccc5c(c4)OCO5)C3=O)nc2C#N)CC(C)O1. The minimum absolute atomic E-state index is 0.00118. The van der Waals surface area contributed by atoms with Gasteiger partial charge in [0.1, 0.15) is 10.4 Å². The number of benzene rings is 1. The zero-order chi connectivity index (χ0) is 23.1. The van der Waals surface area contributed by atoms with Gasteiger partial charge in [0.25, 0.3) is 5.91 Å². The molecule has 170 valence electrons. The average molecular weight is 485 g/mol. The Morgan fingerprint density at radius 2 is 2.03 bits per heavy atom. The van der Waals surface area contributed by atoms with Crippen LogP contribution in [0.2, 0.25) is 0 Å². The molecule has 2 fully saturated rings. The first-order valence-electron chi connectivity index (χ1n) is 10.4. The summed E-state index contributed by atoms with van der Waals surface area (Å²) in [5.74, 6) is 1.67. The van der Waals surface area contributed by atoms with Gasteiger partial charge < -0.3 is 23.5 Å². The maximum absolute atomic E-state index is 13.0. The Kier molecular flexibility index (Phi) is 5.74. The molecule has 0 bridgehead atoms. The van der Waals surface area contributed by atoms with E-state index in [-0.39, 0.29) is 36.5 Å². The van der Waals surface area contributed by atoms with Gasteiger partial charge >= 0.3 is 0 Å². The number of carbonyl (C=O) groups is 1. The van der Waals surface area contributed by atoms with Gasteiger partial charge in [0, 0.05) is 19.2 Å². The molecule has 1 aromatic heterocycles. The molecule has 0 spiro atoms. The third kappa shape index (κ3) is 4.29. The van der Waals surface area contributed by atoms with Crippen molar-refractivity contribution in [3.63, 3.8) is 0 Å². The van der Waals surface area contributed by atoms with Gasteiger partial charge in [0.2, 0.25) is 24.3 Å². The number of anilines is 1. The number of thiocarbonyl (C=S) groups is 1. The number of rotatable bonds is 4. The number of amides is 1. The zero-order valence-corrected chi connectivity index (χ0v) is 19.6. The van der Waals surface area contributed by atoms with Crippen molar-refractivity contribution in [1.29, 1.82) is 5.26 Å². The van der Waals surface area contributed by atoms with E-state index >= 15 is 0 Å². The van der Waals surface area contributed by atoms with Crippen molar-refractivity contribution < 1.29 is 23.4 Å². The maximum Gasteiger partial charge on any atom is 0.266 e. The molecule has 3 aliphatic heterocycles. The summed E-state index contributed by atoms with van der Waals surface area (Å²) in [6.07, 6.45) is 1.54. The van der Waals surface area contributed by atoms with E-state index in [1.165, 1.54) is 22.7 Å². The van der Waals surface area contributed by atoms with E-state index in [1.54, 1.807) is 0 Å². The zero-order valence-electron chi connectivity index (χ0n) is 17.9. The lowest BCUT2D eigenvalue weighted by Crippen LogP contribution is -2.45. The van der Waals surface area contributed by atoms with Gasteiger partial charge in [0.15, 0.2) is 11.5 Å². The van der Waals surface area contributed by atoms with Crippen LogP contribution >= 0.6 is 24.0 Å². The smallest absolute Gasteiger partial charge is 0.266 e. The summed E-state index contributed by atoms with van der Waals surface area (Å²) in [6.45, 7) is 5.61. The molecule has 1 amide bonds. The van der Waals surface area contributed by atoms with Crippen LogP contribution in [-0.2, 0) is 16.1 Å². The van der Waals surface area contributed by atoms with E-state index in [0.29, 0.717) is 46.2 Å². The molecule has 33 heavy (non-hydrogen) atoms. The lowest BCUT2D eigenvalue weighted by Gasteiger charge is -2.34. The third-order valence-corrected chi connectivity index (χ3v) is 6.72. The Labute approximate surface area is 199 Å². The lowest BCUT2D eigenvalue weighted by atomic mass is 10.2. The number of hydrogen-bond donors (Lipinski definition) is 0. The number of aromatic nitrogens is 1. The van der Waals surface area contributed by atoms with Crippen LogP contribution in [0.4, 0.5) is 5.88 Å². The van der Waals surface area contributed by atoms with Crippen LogP contribution < -0.4 is 14.4 Å². The van der Waals surface area contributed by atoms with Crippen LogP contribution in [0.5, 0.6) is 11.5 Å². The number of nitrogens with zero attached hydrogens (tertiary/aromatic N) is 4. The molecule has 3 aliphatic rings. The highest BCUT2D eigenvalue weighted by atomic mass is 32.2. The van der Waals surface area contributed by atoms with Gasteiger partial charge in [-0.2, -0.15) is 10.2 Å². The van der Waals surface area contributed by atoms with Gasteiger partial charge in [-0.3, -0.25) is 9.69 Å². The Hall–Kier alpha value is -3.07. The van der Waals surface area contributed by atoms with Crippen molar-refractivity contribution in [2.45, 2.75) is 32.6 Å². The van der Waals surface area contributed by atoms with Crippen molar-refractivity contribution in [2.24, 2.45) is 0 Å². The average Bonchev–Trinajstić information content (AvgIpc) is 3.47. The molecule has 0 saturated carbocycles. The molecule has 5 rings (SSSR count). The van der Waals surface area contributed by atoms with E-state index in [9.17, 15) is 10.1 Å². The highest BCUT2D eigenvalue weighted by molar-refractivity contribution is 8.26. The molecule has 2 saturated heterocycles. The second-order valence-corrected chi connectivity index (χ2v) is 9.61. The van der Waals surface area contributed by atoms with Crippen molar-refractivity contribution in [1.82, 2.24) is 9.88 Å². The monoisotopic (exact) mass is 484 g/mol. The third-order valence-electron chi connectivity index (χ3n) is 5.34. The number of carbonyl (C=O) groups excluding carboxylic acids is 1. The molecule has 1 aromatic carbocycles. The van der Waals surface area contributed by atoms with Gasteiger partial charge in [-0.15, -0.1) is 0 Å². The minimum atomic E-state index is -0.241. The number of nitriles is 1. The summed E-state index contributed by atoms with van der Waals surface area (Å²) >= 11 is 6.61. The molecule has 2 aromatic rings. The summed E-state index contributed by atoms with van der Waals surface area (Å²) in [4.78, 5) is 21.2. The summed E-state index contributed by atoms with van der Waals surface area (Å²) in [5.41, 5.74) is 1.05. The number of fused-ring (bicyclic) bond motifs is 1. The normalized spacial score (nSPS) is 23.5. The fourth-order valence-electron chi connectivity index (χ4n) is 3.99. The largest absolute Gasteiger partial charge is 0.454 e. The van der Waals surface area contributed by atoms with E-state index in [0.717, 1.165) is 5.56 Å². The first-order chi connectivity index (χ1) is 15.9. The molecule has 2 atom stereocenters. The molecular weight excluding hydrogens is 464 g/mol. The first-order valence-corrected chi connectivity index (χ1v) is 11.6. The number of thioether (sulfide) groups is 1. The predicted octanol–water partition coefficient (Wildman–Crippen LogP) is 3.29. The molecular formula is C22H20N4O5S2. The second kappa shape index (κ2) is 8.70. The topological polar surface area (TPSA) is 101 Å². The number of morpholine rings is 1. The van der Waals surface area contributed by atoms with Crippen LogP contribution in [-0.4, -0.2) is 52.2 Å². The summed E-state index contributed by atoms with van der Waals surface area (Å²) < 4.78 is 22.8. The predicted molar refractivity (Wildman–Crippen MR) is 125 cm³/mol. The van der Waals surface area contributed by atoms with E-state index in [1.807, 2.05) is 36.9 Å². The van der Waals surface area contributed by atoms with Gasteiger partial charge in [-0.05, 0) is 31.5 Å². The number of hydrogen-bond acceptors (Lipinski definition) is 10. The van der Waals surface area contributed by atoms with E-state index in [2.05, 4.69) is 11.1 Å². The van der Waals surface area contributed by atoms with Crippen LogP contribution in [0.3, 0.4) is 0 Å². The standard InChI is InChI=1S/C22H20N4O5S2/c1-12-8-25(9-13(2)30-12)21-15(7-23)24-19(31-21)6-18-20(27)26(22(32)33-18)10-14-3-4-16-17(5-14)29-11-28-16/h3-6,12-13H,8-11H2,1-2H3/b18-6+. The first kappa shape index (κ1) is 21.8. The Bertz CT molecular complexity index is 1190. The van der Waals surface area contributed by atoms with Crippen LogP contribution in [0.25, 0.3) is 6.08 Å². The number of oxazole rings is 1. The van der Waals surface area contributed by atoms with Gasteiger partial charge in [-0.1, -0.05) is 30.0 Å². The molecule has 2 unspecified atom stereocenters. The lowest BCUT2D eigenvalue weighted by molar-refractivity contribution is -0.122. The Balaban J connectivity index is 1.35. The van der Waals surface area contributed by atoms with Crippen molar-refractivity contribution >= 4 is 46.2 Å². The summed E-state index contributed by atoms with van der Waals surface area (Å²) in [7, 11) is 0. The highest BCUT2D eigenvalue weighted by Gasteiger charge is 2.34. The van der Waals surface area contributed by atoms with E-state index in [4.69, 9.17) is 30.8 Å². The second-order valence-electron chi connectivity index (χ2n) is 7.94. The van der Waals surface area contributed by atoms with Crippen LogP contribution in [0.1, 0.15) is 31.0 Å². The molecule has 0 radical (unpaired) electrons. The maximum atomic E-state index is 13.0. The highest BCUT2D eigenvalue weighted by Crippen LogP contribution is 2.37. The van der Waals surface area contributed by atoms with Gasteiger partial charge in [0.05, 0.1) is 23.7 Å². The molecule has 0 aliphatic carbocycles. The summed E-state index contributed by atoms with van der Waals surface area (Å²) in [6, 6.07) is 7.62. The van der Waals surface area contributed by atoms with E-state index < -0.39 is 0 Å². The molecule has 4 heterocycles. The number of ether oxygens (including phenoxy) is 3. The van der Waals surface area contributed by atoms with Crippen molar-refractivity contribution in [3.05, 3.63) is 40.3 Å². The summed E-state index contributed by atoms with van der Waals surface area (Å²) in [5, 5.41) is 9.55. The van der Waals surface area contributed by atoms with Crippen LogP contribution in [0.15, 0.2) is 27.5 Å². The molecule has 11 heteroatoms. The van der Waals surface area contributed by atoms with Gasteiger partial charge in [-0.25, -0.2) is 0 Å². The van der Waals surface area contributed by atoms with Crippen LogP contribution in [0, 0.1) is 11.3 Å². The minimum Gasteiger partial charge on any atom is -0.454 e. The Morgan fingerprint density at radius 1 is 1.27 bits per heavy atom. The Morgan fingerprint density at radius 3 is 2.79 bits per heavy atom. The molecule has 9 nitrogen and oxygen atoms in total. The fourth-order valence-corrected chi connectivity index (χ4v) is 5.21. The molecule has 0 N–H and O–H groups in total. The quantitative estimate of drug-likeness (QED) is 0.475. The van der Waals surface area contributed by atoms with Crippen molar-refractivity contribution in [2.75, 3.05) is 24.8 Å².